The standard InChI is InChI=1S/C22H30N4O6S/c1-16-9-11-22(12-10-16)20(28)26(21(29)23-22)24-19(27)15-32-17-5-7-18(8-6-17)33(30,31)25-13-3-2-4-14-25/h5-8,16H,2-4,9-15H2,1H3,(H,23,29)(H,24,27). The van der Waals surface area contributed by atoms with Gasteiger partial charge in [0.25, 0.3) is 11.8 Å². The lowest BCUT2D eigenvalue weighted by atomic mass is 9.77. The zero-order chi connectivity index (χ0) is 23.6. The van der Waals surface area contributed by atoms with E-state index in [2.05, 4.69) is 17.7 Å². The first kappa shape index (κ1) is 23.5. The maximum atomic E-state index is 12.8. The number of sulfonamides is 1. The van der Waals surface area contributed by atoms with Crippen molar-refractivity contribution in [1.29, 1.82) is 0 Å². The second kappa shape index (κ2) is 9.30. The van der Waals surface area contributed by atoms with Crippen molar-refractivity contribution < 1.29 is 27.5 Å². The predicted molar refractivity (Wildman–Crippen MR) is 118 cm³/mol. The number of urea groups is 1. The molecule has 1 aromatic carbocycles. The molecule has 1 aliphatic carbocycles. The molecule has 0 radical (unpaired) electrons. The number of carbonyl (C=O) groups excluding carboxylic acids is 3. The molecule has 0 unspecified atom stereocenters. The van der Waals surface area contributed by atoms with Crippen LogP contribution in [0.15, 0.2) is 29.2 Å². The van der Waals surface area contributed by atoms with Gasteiger partial charge in [-0.25, -0.2) is 13.2 Å². The third kappa shape index (κ3) is 4.84. The average molecular weight is 479 g/mol. The number of hydrazine groups is 1. The molecule has 11 heteroatoms. The minimum atomic E-state index is -3.55. The molecule has 0 atom stereocenters. The fourth-order valence-corrected chi connectivity index (χ4v) is 6.10. The number of benzene rings is 1. The van der Waals surface area contributed by atoms with Crippen molar-refractivity contribution in [2.45, 2.75) is 62.3 Å². The summed E-state index contributed by atoms with van der Waals surface area (Å²) in [7, 11) is -3.55. The van der Waals surface area contributed by atoms with Gasteiger partial charge in [0, 0.05) is 13.1 Å². The van der Waals surface area contributed by atoms with Crippen LogP contribution in [0.1, 0.15) is 51.9 Å². The van der Waals surface area contributed by atoms with Crippen molar-refractivity contribution in [2.75, 3.05) is 19.7 Å². The molecule has 0 bridgehead atoms. The SMILES string of the molecule is CC1CCC2(CC1)NC(=O)N(NC(=O)COc1ccc(S(=O)(=O)N3CCCCC3)cc1)C2=O. The van der Waals surface area contributed by atoms with Crippen molar-refractivity contribution in [3.63, 3.8) is 0 Å². The minimum Gasteiger partial charge on any atom is -0.484 e. The molecule has 2 saturated heterocycles. The van der Waals surface area contributed by atoms with Crippen LogP contribution in [0.25, 0.3) is 0 Å². The Morgan fingerprint density at radius 2 is 1.76 bits per heavy atom. The van der Waals surface area contributed by atoms with Gasteiger partial charge in [0.2, 0.25) is 10.0 Å². The van der Waals surface area contributed by atoms with Gasteiger partial charge in [0.05, 0.1) is 4.90 Å². The Labute approximate surface area is 193 Å². The number of ether oxygens (including phenoxy) is 1. The van der Waals surface area contributed by atoms with Gasteiger partial charge in [-0.2, -0.15) is 9.31 Å². The fourth-order valence-electron chi connectivity index (χ4n) is 4.58. The molecule has 4 rings (SSSR count). The number of carbonyl (C=O) groups is 3. The Morgan fingerprint density at radius 1 is 1.12 bits per heavy atom. The molecule has 3 aliphatic rings. The second-order valence-corrected chi connectivity index (χ2v) is 11.0. The highest BCUT2D eigenvalue weighted by Gasteiger charge is 2.52. The molecule has 2 N–H and O–H groups in total. The number of nitrogens with zero attached hydrogens (tertiary/aromatic N) is 2. The summed E-state index contributed by atoms with van der Waals surface area (Å²) in [5.74, 6) is -0.305. The molecule has 2 aliphatic heterocycles. The zero-order valence-corrected chi connectivity index (χ0v) is 19.5. The van der Waals surface area contributed by atoms with E-state index in [-0.39, 0.29) is 4.90 Å². The first-order valence-electron chi connectivity index (χ1n) is 11.4. The van der Waals surface area contributed by atoms with Gasteiger partial charge in [-0.15, -0.1) is 0 Å². The van der Waals surface area contributed by atoms with Gasteiger partial charge >= 0.3 is 6.03 Å². The third-order valence-corrected chi connectivity index (χ3v) is 8.59. The van der Waals surface area contributed by atoms with E-state index in [0.717, 1.165) is 37.1 Å². The molecular formula is C22H30N4O6S. The molecule has 180 valence electrons. The molecule has 0 aromatic heterocycles. The summed E-state index contributed by atoms with van der Waals surface area (Å²) in [4.78, 5) is 37.6. The second-order valence-electron chi connectivity index (χ2n) is 9.10. The first-order valence-corrected chi connectivity index (χ1v) is 12.8. The molecule has 33 heavy (non-hydrogen) atoms. The lowest BCUT2D eigenvalue weighted by molar-refractivity contribution is -0.140. The Hall–Kier alpha value is -2.66. The summed E-state index contributed by atoms with van der Waals surface area (Å²) in [5, 5.41) is 3.47. The van der Waals surface area contributed by atoms with Gasteiger partial charge in [-0.1, -0.05) is 13.3 Å². The molecule has 1 spiro atoms. The Kier molecular flexibility index (Phi) is 6.62. The fraction of sp³-hybridized carbons (Fsp3) is 0.591. The maximum Gasteiger partial charge on any atom is 0.344 e. The van der Waals surface area contributed by atoms with Crippen LogP contribution < -0.4 is 15.5 Å². The summed E-state index contributed by atoms with van der Waals surface area (Å²) in [6.07, 6.45) is 5.51. The summed E-state index contributed by atoms with van der Waals surface area (Å²) in [6.45, 7) is 2.72. The Bertz CT molecular complexity index is 1010. The number of hydrogen-bond donors (Lipinski definition) is 2. The van der Waals surface area contributed by atoms with Crippen LogP contribution in [-0.4, -0.2) is 60.8 Å². The van der Waals surface area contributed by atoms with Crippen LogP contribution in [0.2, 0.25) is 0 Å². The van der Waals surface area contributed by atoms with Crippen molar-refractivity contribution >= 4 is 27.9 Å². The van der Waals surface area contributed by atoms with E-state index >= 15 is 0 Å². The molecule has 10 nitrogen and oxygen atoms in total. The summed E-state index contributed by atoms with van der Waals surface area (Å²) in [6, 6.07) is 5.21. The van der Waals surface area contributed by atoms with Gasteiger partial charge in [-0.3, -0.25) is 15.0 Å². The van der Waals surface area contributed by atoms with E-state index in [1.807, 2.05) is 0 Å². The molecular weight excluding hydrogens is 448 g/mol. The van der Waals surface area contributed by atoms with E-state index in [1.165, 1.54) is 28.6 Å². The van der Waals surface area contributed by atoms with Crippen LogP contribution in [0, 0.1) is 5.92 Å². The monoisotopic (exact) mass is 478 g/mol. The summed E-state index contributed by atoms with van der Waals surface area (Å²) < 4.78 is 32.3. The highest BCUT2D eigenvalue weighted by molar-refractivity contribution is 7.89. The van der Waals surface area contributed by atoms with Gasteiger partial charge in [-0.05, 0) is 68.7 Å². The largest absolute Gasteiger partial charge is 0.484 e. The first-order chi connectivity index (χ1) is 15.7. The number of rotatable bonds is 6. The van der Waals surface area contributed by atoms with Crippen LogP contribution in [0.3, 0.4) is 0 Å². The predicted octanol–water partition coefficient (Wildman–Crippen LogP) is 1.77. The van der Waals surface area contributed by atoms with E-state index in [0.29, 0.717) is 37.6 Å². The van der Waals surface area contributed by atoms with Gasteiger partial charge < -0.3 is 10.1 Å². The van der Waals surface area contributed by atoms with Crippen LogP contribution in [-0.2, 0) is 19.6 Å². The highest BCUT2D eigenvalue weighted by Crippen LogP contribution is 2.35. The molecule has 4 amide bonds. The molecule has 1 saturated carbocycles. The Morgan fingerprint density at radius 3 is 2.39 bits per heavy atom. The third-order valence-electron chi connectivity index (χ3n) is 6.67. The average Bonchev–Trinajstić information content (AvgIpc) is 3.04. The maximum absolute atomic E-state index is 12.8. The normalized spacial score (nSPS) is 26.3. The van der Waals surface area contributed by atoms with E-state index in [9.17, 15) is 22.8 Å². The number of imide groups is 1. The van der Waals surface area contributed by atoms with Gasteiger partial charge in [0.15, 0.2) is 6.61 Å². The number of amides is 4. The van der Waals surface area contributed by atoms with Crippen molar-refractivity contribution in [1.82, 2.24) is 20.1 Å². The summed E-state index contributed by atoms with van der Waals surface area (Å²) in [5.41, 5.74) is 1.38. The zero-order valence-electron chi connectivity index (χ0n) is 18.7. The number of hydrogen-bond acceptors (Lipinski definition) is 6. The lowest BCUT2D eigenvalue weighted by Gasteiger charge is -2.33. The highest BCUT2D eigenvalue weighted by atomic mass is 32.2. The molecule has 3 fully saturated rings. The van der Waals surface area contributed by atoms with Crippen LogP contribution in [0.5, 0.6) is 5.75 Å². The minimum absolute atomic E-state index is 0.174. The van der Waals surface area contributed by atoms with E-state index < -0.39 is 40.0 Å². The molecule has 2 heterocycles. The van der Waals surface area contributed by atoms with Crippen LogP contribution >= 0.6 is 0 Å². The number of piperidine rings is 1. The van der Waals surface area contributed by atoms with Crippen molar-refractivity contribution in [3.8, 4) is 5.75 Å². The molecule has 1 aromatic rings. The van der Waals surface area contributed by atoms with E-state index in [4.69, 9.17) is 4.74 Å². The quantitative estimate of drug-likeness (QED) is 0.601. The smallest absolute Gasteiger partial charge is 0.344 e. The topological polar surface area (TPSA) is 125 Å². The van der Waals surface area contributed by atoms with E-state index in [1.54, 1.807) is 0 Å². The van der Waals surface area contributed by atoms with Crippen molar-refractivity contribution in [3.05, 3.63) is 24.3 Å². The Balaban J connectivity index is 1.31. The van der Waals surface area contributed by atoms with Crippen LogP contribution in [0.4, 0.5) is 4.79 Å². The van der Waals surface area contributed by atoms with Crippen molar-refractivity contribution in [2.24, 2.45) is 5.92 Å². The summed E-state index contributed by atoms with van der Waals surface area (Å²) >= 11 is 0. The van der Waals surface area contributed by atoms with Gasteiger partial charge in [0.1, 0.15) is 11.3 Å². The number of nitrogens with one attached hydrogen (secondary N) is 2. The lowest BCUT2D eigenvalue weighted by Crippen LogP contribution is -2.52.